The number of hydrogen-bond donors (Lipinski definition) is 3. The van der Waals surface area contributed by atoms with Gasteiger partial charge in [-0.2, -0.15) is 0 Å². The van der Waals surface area contributed by atoms with E-state index < -0.39 is 10.0 Å². The number of aromatic nitrogens is 2. The van der Waals surface area contributed by atoms with Gasteiger partial charge in [-0.05, 0) is 62.2 Å². The summed E-state index contributed by atoms with van der Waals surface area (Å²) in [5.74, 6) is 2.07. The third-order valence-electron chi connectivity index (χ3n) is 4.25. The van der Waals surface area contributed by atoms with Gasteiger partial charge in [0.1, 0.15) is 17.5 Å². The molecular formula is C21H25N5O2S. The molecule has 0 aliphatic heterocycles. The van der Waals surface area contributed by atoms with Crippen molar-refractivity contribution < 1.29 is 8.42 Å². The summed E-state index contributed by atoms with van der Waals surface area (Å²) >= 11 is 0. The van der Waals surface area contributed by atoms with Crippen LogP contribution >= 0.6 is 0 Å². The molecule has 1 heterocycles. The second-order valence-electron chi connectivity index (χ2n) is 6.52. The van der Waals surface area contributed by atoms with E-state index >= 15 is 0 Å². The monoisotopic (exact) mass is 411 g/mol. The molecule has 0 spiro atoms. The van der Waals surface area contributed by atoms with Crippen molar-refractivity contribution >= 4 is 33.0 Å². The Kier molecular flexibility index (Phi) is 6.33. The molecule has 29 heavy (non-hydrogen) atoms. The molecule has 3 N–H and O–H groups in total. The Bertz CT molecular complexity index is 1070. The first kappa shape index (κ1) is 20.6. The Morgan fingerprint density at radius 2 is 1.48 bits per heavy atom. The van der Waals surface area contributed by atoms with Crippen LogP contribution in [0.4, 0.5) is 23.0 Å². The van der Waals surface area contributed by atoms with E-state index in [2.05, 4.69) is 25.3 Å². The zero-order chi connectivity index (χ0) is 20.9. The van der Waals surface area contributed by atoms with Gasteiger partial charge in [0.25, 0.3) is 10.0 Å². The first-order chi connectivity index (χ1) is 13.9. The van der Waals surface area contributed by atoms with Crippen LogP contribution < -0.4 is 15.4 Å². The zero-order valence-electron chi connectivity index (χ0n) is 16.7. The van der Waals surface area contributed by atoms with E-state index in [-0.39, 0.29) is 4.90 Å². The molecule has 0 fully saturated rings. The van der Waals surface area contributed by atoms with E-state index in [1.165, 1.54) is 0 Å². The van der Waals surface area contributed by atoms with Crippen molar-refractivity contribution in [2.24, 2.45) is 0 Å². The standard InChI is InChI=1S/C21H25N5O2S/c1-4-16-6-12-19(13-7-16)29(27,28)26-18-10-8-17(9-11-18)25-21-14-20(22-5-2)23-15(3)24-21/h6-14,26H,4-5H2,1-3H3,(H2,22,23,24,25). The first-order valence-corrected chi connectivity index (χ1v) is 11.0. The number of nitrogens with zero attached hydrogens (tertiary/aromatic N) is 2. The van der Waals surface area contributed by atoms with Crippen LogP contribution in [-0.4, -0.2) is 24.9 Å². The summed E-state index contributed by atoms with van der Waals surface area (Å²) in [7, 11) is -3.63. The van der Waals surface area contributed by atoms with Crippen LogP contribution in [0.2, 0.25) is 0 Å². The summed E-state index contributed by atoms with van der Waals surface area (Å²) in [6.45, 7) is 6.63. The minimum absolute atomic E-state index is 0.240. The van der Waals surface area contributed by atoms with Crippen LogP contribution in [0.1, 0.15) is 25.2 Å². The lowest BCUT2D eigenvalue weighted by molar-refractivity contribution is 0.601. The average Bonchev–Trinajstić information content (AvgIpc) is 2.69. The second-order valence-corrected chi connectivity index (χ2v) is 8.20. The molecule has 0 atom stereocenters. The third kappa shape index (κ3) is 5.45. The Morgan fingerprint density at radius 1 is 0.862 bits per heavy atom. The molecule has 3 aromatic rings. The molecular weight excluding hydrogens is 386 g/mol. The average molecular weight is 412 g/mol. The Morgan fingerprint density at radius 3 is 2.10 bits per heavy atom. The van der Waals surface area contributed by atoms with Crippen LogP contribution in [0, 0.1) is 6.92 Å². The summed E-state index contributed by atoms with van der Waals surface area (Å²) in [4.78, 5) is 8.93. The highest BCUT2D eigenvalue weighted by atomic mass is 32.2. The number of sulfonamides is 1. The van der Waals surface area contributed by atoms with Crippen LogP contribution in [0.25, 0.3) is 0 Å². The molecule has 0 radical (unpaired) electrons. The number of anilines is 4. The fourth-order valence-corrected chi connectivity index (χ4v) is 3.85. The van der Waals surface area contributed by atoms with Crippen molar-refractivity contribution in [3.63, 3.8) is 0 Å². The predicted octanol–water partition coefficient (Wildman–Crippen LogP) is 4.32. The van der Waals surface area contributed by atoms with E-state index in [1.807, 2.05) is 39.0 Å². The number of rotatable bonds is 8. The molecule has 7 nitrogen and oxygen atoms in total. The molecule has 0 aliphatic carbocycles. The fourth-order valence-electron chi connectivity index (χ4n) is 2.79. The Balaban J connectivity index is 1.71. The summed E-state index contributed by atoms with van der Waals surface area (Å²) in [5, 5.41) is 6.37. The van der Waals surface area contributed by atoms with Crippen LogP contribution in [0.5, 0.6) is 0 Å². The molecule has 0 saturated heterocycles. The van der Waals surface area contributed by atoms with Crippen molar-refractivity contribution in [3.05, 3.63) is 66.0 Å². The number of benzene rings is 2. The first-order valence-electron chi connectivity index (χ1n) is 9.48. The minimum atomic E-state index is -3.63. The van der Waals surface area contributed by atoms with E-state index in [0.717, 1.165) is 30.0 Å². The van der Waals surface area contributed by atoms with Gasteiger partial charge in [-0.15, -0.1) is 0 Å². The van der Waals surface area contributed by atoms with E-state index in [9.17, 15) is 8.42 Å². The van der Waals surface area contributed by atoms with Gasteiger partial charge >= 0.3 is 0 Å². The van der Waals surface area contributed by atoms with Crippen LogP contribution in [0.3, 0.4) is 0 Å². The largest absolute Gasteiger partial charge is 0.370 e. The van der Waals surface area contributed by atoms with Gasteiger partial charge in [0.15, 0.2) is 0 Å². The second kappa shape index (κ2) is 8.91. The van der Waals surface area contributed by atoms with Crippen molar-refractivity contribution in [1.29, 1.82) is 0 Å². The molecule has 1 aromatic heterocycles. The van der Waals surface area contributed by atoms with Gasteiger partial charge in [-0.1, -0.05) is 19.1 Å². The Labute approximate surface area is 171 Å². The normalized spacial score (nSPS) is 11.1. The zero-order valence-corrected chi connectivity index (χ0v) is 17.5. The minimum Gasteiger partial charge on any atom is -0.370 e. The maximum absolute atomic E-state index is 12.6. The Hall–Kier alpha value is -3.13. The van der Waals surface area contributed by atoms with Gasteiger partial charge < -0.3 is 10.6 Å². The summed E-state index contributed by atoms with van der Waals surface area (Å²) in [6, 6.07) is 15.7. The van der Waals surface area contributed by atoms with E-state index in [1.54, 1.807) is 36.4 Å². The lowest BCUT2D eigenvalue weighted by atomic mass is 10.2. The quantitative estimate of drug-likeness (QED) is 0.511. The molecule has 3 rings (SSSR count). The maximum Gasteiger partial charge on any atom is 0.261 e. The molecule has 2 aromatic carbocycles. The lowest BCUT2D eigenvalue weighted by Crippen LogP contribution is -2.12. The maximum atomic E-state index is 12.6. The van der Waals surface area contributed by atoms with Crippen molar-refractivity contribution in [3.8, 4) is 0 Å². The van der Waals surface area contributed by atoms with Crippen LogP contribution in [-0.2, 0) is 16.4 Å². The van der Waals surface area contributed by atoms with Gasteiger partial charge in [0.2, 0.25) is 0 Å². The number of nitrogens with one attached hydrogen (secondary N) is 3. The molecule has 8 heteroatoms. The van der Waals surface area contributed by atoms with E-state index in [4.69, 9.17) is 0 Å². The highest BCUT2D eigenvalue weighted by molar-refractivity contribution is 7.92. The van der Waals surface area contributed by atoms with E-state index in [0.29, 0.717) is 17.3 Å². The molecule has 0 unspecified atom stereocenters. The smallest absolute Gasteiger partial charge is 0.261 e. The summed E-state index contributed by atoms with van der Waals surface area (Å²) < 4.78 is 27.7. The highest BCUT2D eigenvalue weighted by Crippen LogP contribution is 2.22. The molecule has 0 bridgehead atoms. The number of aryl methyl sites for hydroxylation is 2. The molecule has 152 valence electrons. The van der Waals surface area contributed by atoms with Crippen molar-refractivity contribution in [2.75, 3.05) is 21.9 Å². The fraction of sp³-hybridized carbons (Fsp3) is 0.238. The summed E-state index contributed by atoms with van der Waals surface area (Å²) in [6.07, 6.45) is 0.865. The van der Waals surface area contributed by atoms with Crippen molar-refractivity contribution in [1.82, 2.24) is 9.97 Å². The molecule has 0 amide bonds. The van der Waals surface area contributed by atoms with Gasteiger partial charge in [0.05, 0.1) is 4.90 Å². The topological polar surface area (TPSA) is 96.0 Å². The van der Waals surface area contributed by atoms with Gasteiger partial charge in [0, 0.05) is 24.0 Å². The molecule has 0 aliphatic rings. The van der Waals surface area contributed by atoms with Gasteiger partial charge in [-0.3, -0.25) is 4.72 Å². The number of hydrogen-bond acceptors (Lipinski definition) is 6. The SMILES string of the molecule is CCNc1cc(Nc2ccc(NS(=O)(=O)c3ccc(CC)cc3)cc2)nc(C)n1. The van der Waals surface area contributed by atoms with Crippen molar-refractivity contribution in [2.45, 2.75) is 32.1 Å². The van der Waals surface area contributed by atoms with Crippen LogP contribution in [0.15, 0.2) is 59.5 Å². The third-order valence-corrected chi connectivity index (χ3v) is 5.64. The predicted molar refractivity (Wildman–Crippen MR) is 117 cm³/mol. The lowest BCUT2D eigenvalue weighted by Gasteiger charge is -2.11. The summed E-state index contributed by atoms with van der Waals surface area (Å²) in [5.41, 5.74) is 2.37. The van der Waals surface area contributed by atoms with Gasteiger partial charge in [-0.25, -0.2) is 18.4 Å². The highest BCUT2D eigenvalue weighted by Gasteiger charge is 2.14. The molecule has 0 saturated carbocycles.